The van der Waals surface area contributed by atoms with Crippen molar-refractivity contribution in [2.75, 3.05) is 33.3 Å². The SMILES string of the molecule is CC(C)C[C@H](NC(=O)CNC(=O)c1cc(Cl)ccc1Cl)B1OCCCN(C)CCC(=O)O1. The molecule has 1 fully saturated rings. The molecular weight excluding hydrogens is 456 g/mol. The van der Waals surface area contributed by atoms with Crippen LogP contribution in [0, 0.1) is 5.92 Å². The van der Waals surface area contributed by atoms with E-state index in [9.17, 15) is 14.4 Å². The molecule has 0 aliphatic carbocycles. The Morgan fingerprint density at radius 3 is 2.72 bits per heavy atom. The molecule has 0 bridgehead atoms. The predicted molar refractivity (Wildman–Crippen MR) is 125 cm³/mol. The molecule has 0 spiro atoms. The van der Waals surface area contributed by atoms with Gasteiger partial charge in [0.05, 0.1) is 29.5 Å². The fourth-order valence-electron chi connectivity index (χ4n) is 3.28. The van der Waals surface area contributed by atoms with E-state index in [1.54, 1.807) is 6.07 Å². The highest BCUT2D eigenvalue weighted by molar-refractivity contribution is 6.49. The maximum Gasteiger partial charge on any atom is 0.551 e. The molecule has 0 radical (unpaired) electrons. The van der Waals surface area contributed by atoms with E-state index in [1.165, 1.54) is 12.1 Å². The Labute approximate surface area is 199 Å². The Morgan fingerprint density at radius 2 is 2.00 bits per heavy atom. The first-order valence-electron chi connectivity index (χ1n) is 10.7. The molecule has 0 unspecified atom stereocenters. The van der Waals surface area contributed by atoms with Crippen molar-refractivity contribution in [1.29, 1.82) is 0 Å². The van der Waals surface area contributed by atoms with Crippen molar-refractivity contribution in [3.8, 4) is 0 Å². The van der Waals surface area contributed by atoms with Crippen LogP contribution in [0.1, 0.15) is 43.5 Å². The Hall–Kier alpha value is -1.81. The summed E-state index contributed by atoms with van der Waals surface area (Å²) in [4.78, 5) is 39.2. The van der Waals surface area contributed by atoms with Gasteiger partial charge in [0.2, 0.25) is 5.91 Å². The topological polar surface area (TPSA) is 97.0 Å². The van der Waals surface area contributed by atoms with Gasteiger partial charge in [-0.25, -0.2) is 0 Å². The molecule has 1 saturated heterocycles. The highest BCUT2D eigenvalue weighted by Gasteiger charge is 2.36. The highest BCUT2D eigenvalue weighted by atomic mass is 35.5. The van der Waals surface area contributed by atoms with Crippen LogP contribution >= 0.6 is 23.2 Å². The average Bonchev–Trinajstić information content (AvgIpc) is 2.73. The largest absolute Gasteiger partial charge is 0.551 e. The molecule has 2 rings (SSSR count). The number of nitrogens with one attached hydrogen (secondary N) is 2. The van der Waals surface area contributed by atoms with Crippen molar-refractivity contribution in [3.63, 3.8) is 0 Å². The van der Waals surface area contributed by atoms with Crippen LogP contribution in [0.25, 0.3) is 0 Å². The average molecular weight is 486 g/mol. The van der Waals surface area contributed by atoms with E-state index in [1.807, 2.05) is 25.8 Å². The predicted octanol–water partition coefficient (Wildman–Crippen LogP) is 2.57. The van der Waals surface area contributed by atoms with E-state index in [-0.39, 0.29) is 35.4 Å². The van der Waals surface area contributed by atoms with Gasteiger partial charge in [0.1, 0.15) is 0 Å². The summed E-state index contributed by atoms with van der Waals surface area (Å²) in [7, 11) is 1.05. The zero-order valence-electron chi connectivity index (χ0n) is 18.7. The molecule has 1 aliphatic rings. The van der Waals surface area contributed by atoms with Crippen molar-refractivity contribution >= 4 is 48.1 Å². The minimum atomic E-state index is -0.893. The maximum absolute atomic E-state index is 12.6. The van der Waals surface area contributed by atoms with Gasteiger partial charge in [-0.2, -0.15) is 0 Å². The van der Waals surface area contributed by atoms with Crippen LogP contribution in [0.4, 0.5) is 0 Å². The van der Waals surface area contributed by atoms with Crippen LogP contribution in [0.2, 0.25) is 10.0 Å². The summed E-state index contributed by atoms with van der Waals surface area (Å²) >= 11 is 12.0. The molecule has 1 atom stereocenters. The number of carbonyl (C=O) groups is 3. The molecule has 2 amide bonds. The van der Waals surface area contributed by atoms with E-state index >= 15 is 0 Å². The third-order valence-corrected chi connectivity index (χ3v) is 5.46. The van der Waals surface area contributed by atoms with Crippen molar-refractivity contribution in [2.24, 2.45) is 5.92 Å². The van der Waals surface area contributed by atoms with E-state index < -0.39 is 24.9 Å². The van der Waals surface area contributed by atoms with E-state index in [0.29, 0.717) is 24.6 Å². The maximum atomic E-state index is 12.6. The summed E-state index contributed by atoms with van der Waals surface area (Å²) in [5.74, 6) is -1.66. The van der Waals surface area contributed by atoms with Gasteiger partial charge in [0.25, 0.3) is 11.9 Å². The number of hydrogen-bond acceptors (Lipinski definition) is 6. The molecular formula is C21H30BCl2N3O5. The molecule has 8 nitrogen and oxygen atoms in total. The molecule has 0 saturated carbocycles. The van der Waals surface area contributed by atoms with Crippen molar-refractivity contribution in [1.82, 2.24) is 15.5 Å². The molecule has 11 heteroatoms. The van der Waals surface area contributed by atoms with Gasteiger partial charge in [0, 0.05) is 18.2 Å². The lowest BCUT2D eigenvalue weighted by atomic mass is 9.73. The van der Waals surface area contributed by atoms with Gasteiger partial charge >= 0.3 is 7.12 Å². The second-order valence-electron chi connectivity index (χ2n) is 8.25. The molecule has 1 aromatic rings. The molecule has 1 heterocycles. The molecule has 32 heavy (non-hydrogen) atoms. The molecule has 0 aromatic heterocycles. The van der Waals surface area contributed by atoms with Crippen LogP contribution in [0.15, 0.2) is 18.2 Å². The Balaban J connectivity index is 2.00. The zero-order chi connectivity index (χ0) is 23.7. The lowest BCUT2D eigenvalue weighted by Gasteiger charge is -2.27. The molecule has 1 aromatic carbocycles. The number of carbonyl (C=O) groups excluding carboxylic acids is 3. The van der Waals surface area contributed by atoms with Gasteiger partial charge in [-0.15, -0.1) is 0 Å². The Morgan fingerprint density at radius 1 is 1.25 bits per heavy atom. The van der Waals surface area contributed by atoms with Crippen LogP contribution in [0.3, 0.4) is 0 Å². The Bertz CT molecular complexity index is 812. The number of halogens is 2. The third-order valence-electron chi connectivity index (χ3n) is 4.89. The second kappa shape index (κ2) is 13.0. The van der Waals surface area contributed by atoms with Gasteiger partial charge in [-0.3, -0.25) is 14.4 Å². The summed E-state index contributed by atoms with van der Waals surface area (Å²) in [6, 6.07) is 4.52. The summed E-state index contributed by atoms with van der Waals surface area (Å²) < 4.78 is 11.4. The number of amides is 2. The van der Waals surface area contributed by atoms with Crippen molar-refractivity contribution in [3.05, 3.63) is 33.8 Å². The first-order chi connectivity index (χ1) is 15.2. The van der Waals surface area contributed by atoms with E-state index in [2.05, 4.69) is 10.6 Å². The minimum Gasteiger partial charge on any atom is -0.508 e. The van der Waals surface area contributed by atoms with Crippen LogP contribution in [0.5, 0.6) is 0 Å². The minimum absolute atomic E-state index is 0.181. The van der Waals surface area contributed by atoms with Gasteiger partial charge in [0.15, 0.2) is 0 Å². The smallest absolute Gasteiger partial charge is 0.508 e. The Kier molecular flexibility index (Phi) is 10.8. The molecule has 2 N–H and O–H groups in total. The standard InChI is InChI=1S/C21H30BCl2N3O5/c1-14(2)11-18(22-31-10-4-8-27(3)9-7-20(29)32-22)26-19(28)13-25-21(30)16-12-15(23)5-6-17(16)24/h5-6,12,14,18H,4,7-11,13H2,1-3H3,(H,25,30)(H,26,28)/t18-/m0/s1. The number of hydrogen-bond donors (Lipinski definition) is 2. The number of nitrogens with zero attached hydrogens (tertiary/aromatic N) is 1. The van der Waals surface area contributed by atoms with Crippen LogP contribution < -0.4 is 10.6 Å². The lowest BCUT2D eigenvalue weighted by molar-refractivity contribution is -0.137. The number of rotatable bonds is 7. The quantitative estimate of drug-likeness (QED) is 0.576. The van der Waals surface area contributed by atoms with Gasteiger partial charge < -0.3 is 24.8 Å². The van der Waals surface area contributed by atoms with Gasteiger partial charge in [-0.1, -0.05) is 37.0 Å². The van der Waals surface area contributed by atoms with Crippen LogP contribution in [-0.4, -0.2) is 69.0 Å². The lowest BCUT2D eigenvalue weighted by Crippen LogP contribution is -2.53. The fraction of sp³-hybridized carbons (Fsp3) is 0.571. The molecule has 1 aliphatic heterocycles. The fourth-order valence-corrected chi connectivity index (χ4v) is 3.66. The molecule has 176 valence electrons. The van der Waals surface area contributed by atoms with E-state index in [0.717, 1.165) is 13.0 Å². The first-order valence-corrected chi connectivity index (χ1v) is 11.4. The summed E-state index contributed by atoms with van der Waals surface area (Å²) in [6.45, 7) is 5.53. The monoisotopic (exact) mass is 485 g/mol. The summed E-state index contributed by atoms with van der Waals surface area (Å²) in [6.07, 6.45) is 1.57. The van der Waals surface area contributed by atoms with E-state index in [4.69, 9.17) is 32.5 Å². The summed E-state index contributed by atoms with van der Waals surface area (Å²) in [5.41, 5.74) is 0.181. The third kappa shape index (κ3) is 8.98. The second-order valence-corrected chi connectivity index (χ2v) is 9.09. The number of benzene rings is 1. The summed E-state index contributed by atoms with van der Waals surface area (Å²) in [5, 5.41) is 5.97. The van der Waals surface area contributed by atoms with Crippen molar-refractivity contribution in [2.45, 2.75) is 39.1 Å². The van der Waals surface area contributed by atoms with Crippen molar-refractivity contribution < 1.29 is 23.7 Å². The highest BCUT2D eigenvalue weighted by Crippen LogP contribution is 2.20. The van der Waals surface area contributed by atoms with Gasteiger partial charge in [-0.05, 0) is 50.6 Å². The van der Waals surface area contributed by atoms with Crippen LogP contribution in [-0.2, 0) is 18.9 Å². The normalized spacial score (nSPS) is 16.9. The first kappa shape index (κ1) is 26.4. The zero-order valence-corrected chi connectivity index (χ0v) is 20.2.